The number of benzene rings is 1. The number of nitrogens with one attached hydrogen (secondary N) is 1. The molecule has 0 saturated heterocycles. The van der Waals surface area contributed by atoms with Crippen LogP contribution in [0.15, 0.2) is 53.2 Å². The second-order valence-corrected chi connectivity index (χ2v) is 5.31. The molecule has 0 aliphatic carbocycles. The molecular formula is C18H17N3O3. The van der Waals surface area contributed by atoms with Gasteiger partial charge in [-0.2, -0.15) is 0 Å². The molecule has 0 atom stereocenters. The molecular weight excluding hydrogens is 306 g/mol. The third kappa shape index (κ3) is 3.60. The minimum Gasteiger partial charge on any atom is -0.497 e. The van der Waals surface area contributed by atoms with Crippen molar-refractivity contribution in [1.82, 2.24) is 10.1 Å². The monoisotopic (exact) mass is 323 g/mol. The van der Waals surface area contributed by atoms with Crippen molar-refractivity contribution in [2.75, 3.05) is 12.4 Å². The van der Waals surface area contributed by atoms with E-state index in [1.807, 2.05) is 43.3 Å². The Morgan fingerprint density at radius 1 is 1.25 bits per heavy atom. The van der Waals surface area contributed by atoms with E-state index in [9.17, 15) is 4.79 Å². The molecule has 0 aliphatic heterocycles. The number of aromatic nitrogens is 2. The molecule has 1 amide bonds. The van der Waals surface area contributed by atoms with Gasteiger partial charge in [0.05, 0.1) is 19.2 Å². The van der Waals surface area contributed by atoms with Crippen molar-refractivity contribution in [2.45, 2.75) is 13.3 Å². The number of carbonyl (C=O) groups is 1. The topological polar surface area (TPSA) is 77.2 Å². The highest BCUT2D eigenvalue weighted by Crippen LogP contribution is 2.24. The molecule has 0 fully saturated rings. The fourth-order valence-electron chi connectivity index (χ4n) is 2.26. The second-order valence-electron chi connectivity index (χ2n) is 5.31. The van der Waals surface area contributed by atoms with Crippen molar-refractivity contribution in [3.05, 3.63) is 59.9 Å². The van der Waals surface area contributed by atoms with Crippen LogP contribution in [-0.2, 0) is 11.2 Å². The largest absolute Gasteiger partial charge is 0.497 e. The summed E-state index contributed by atoms with van der Waals surface area (Å²) in [5, 5.41) is 6.73. The van der Waals surface area contributed by atoms with E-state index in [0.717, 1.165) is 16.9 Å². The lowest BCUT2D eigenvalue weighted by Gasteiger charge is -2.05. The van der Waals surface area contributed by atoms with Crippen LogP contribution in [0.1, 0.15) is 11.3 Å². The SMILES string of the molecule is COc1cccc(-c2cc(CC(=O)Nc3ncccc3C)no2)c1. The molecule has 3 aromatic rings. The smallest absolute Gasteiger partial charge is 0.231 e. The summed E-state index contributed by atoms with van der Waals surface area (Å²) in [5.41, 5.74) is 2.30. The van der Waals surface area contributed by atoms with Crippen molar-refractivity contribution in [1.29, 1.82) is 0 Å². The van der Waals surface area contributed by atoms with Crippen LogP contribution in [0, 0.1) is 6.92 Å². The predicted octanol–water partition coefficient (Wildman–Crippen LogP) is 3.23. The molecule has 1 aromatic carbocycles. The third-order valence-corrected chi connectivity index (χ3v) is 3.52. The molecule has 0 aliphatic rings. The van der Waals surface area contributed by atoms with Gasteiger partial charge in [0.25, 0.3) is 0 Å². The molecule has 3 rings (SSSR count). The molecule has 122 valence electrons. The highest BCUT2D eigenvalue weighted by molar-refractivity contribution is 5.91. The van der Waals surface area contributed by atoms with E-state index >= 15 is 0 Å². The van der Waals surface area contributed by atoms with Crippen molar-refractivity contribution in [3.63, 3.8) is 0 Å². The number of nitrogens with zero attached hydrogens (tertiary/aromatic N) is 2. The Morgan fingerprint density at radius 2 is 2.12 bits per heavy atom. The van der Waals surface area contributed by atoms with Gasteiger partial charge in [-0.15, -0.1) is 0 Å². The van der Waals surface area contributed by atoms with Gasteiger partial charge >= 0.3 is 0 Å². The second kappa shape index (κ2) is 6.95. The molecule has 2 aromatic heterocycles. The van der Waals surface area contributed by atoms with E-state index in [1.54, 1.807) is 19.4 Å². The third-order valence-electron chi connectivity index (χ3n) is 3.52. The van der Waals surface area contributed by atoms with Gasteiger partial charge in [0.15, 0.2) is 5.76 Å². The average molecular weight is 323 g/mol. The molecule has 0 bridgehead atoms. The van der Waals surface area contributed by atoms with Gasteiger partial charge in [0, 0.05) is 17.8 Å². The Morgan fingerprint density at radius 3 is 2.92 bits per heavy atom. The fourth-order valence-corrected chi connectivity index (χ4v) is 2.26. The average Bonchev–Trinajstić information content (AvgIpc) is 3.05. The van der Waals surface area contributed by atoms with E-state index in [-0.39, 0.29) is 12.3 Å². The minimum atomic E-state index is -0.192. The summed E-state index contributed by atoms with van der Waals surface area (Å²) in [7, 11) is 1.61. The maximum absolute atomic E-state index is 12.1. The van der Waals surface area contributed by atoms with Crippen molar-refractivity contribution in [2.24, 2.45) is 0 Å². The number of pyridine rings is 1. The first kappa shape index (κ1) is 15.7. The van der Waals surface area contributed by atoms with Crippen molar-refractivity contribution in [3.8, 4) is 17.1 Å². The lowest BCUT2D eigenvalue weighted by atomic mass is 10.1. The maximum atomic E-state index is 12.1. The minimum absolute atomic E-state index is 0.115. The standard InChI is InChI=1S/C18H17N3O3/c1-12-5-4-8-19-18(12)20-17(22)11-14-10-16(24-21-14)13-6-3-7-15(9-13)23-2/h3-10H,11H2,1-2H3,(H,19,20,22). The Bertz CT molecular complexity index is 858. The number of aryl methyl sites for hydroxylation is 1. The van der Waals surface area contributed by atoms with E-state index in [0.29, 0.717) is 17.3 Å². The summed E-state index contributed by atoms with van der Waals surface area (Å²) < 4.78 is 10.5. The zero-order chi connectivity index (χ0) is 16.9. The van der Waals surface area contributed by atoms with Crippen LogP contribution in [0.5, 0.6) is 5.75 Å². The molecule has 6 heteroatoms. The first-order valence-corrected chi connectivity index (χ1v) is 7.47. The summed E-state index contributed by atoms with van der Waals surface area (Å²) in [6, 6.07) is 12.9. The van der Waals surface area contributed by atoms with Gasteiger partial charge in [-0.05, 0) is 30.7 Å². The number of rotatable bonds is 5. The molecule has 0 radical (unpaired) electrons. The zero-order valence-electron chi connectivity index (χ0n) is 13.4. The number of methoxy groups -OCH3 is 1. The lowest BCUT2D eigenvalue weighted by molar-refractivity contribution is -0.115. The summed E-state index contributed by atoms with van der Waals surface area (Å²) in [6.07, 6.45) is 1.75. The Balaban J connectivity index is 1.69. The van der Waals surface area contributed by atoms with Crippen LogP contribution in [0.25, 0.3) is 11.3 Å². The van der Waals surface area contributed by atoms with Crippen LogP contribution in [0.4, 0.5) is 5.82 Å². The predicted molar refractivity (Wildman–Crippen MR) is 89.8 cm³/mol. The molecule has 0 saturated carbocycles. The summed E-state index contributed by atoms with van der Waals surface area (Å²) in [4.78, 5) is 16.3. The van der Waals surface area contributed by atoms with Crippen molar-refractivity contribution >= 4 is 11.7 Å². The Labute approximate surface area is 139 Å². The number of ether oxygens (including phenoxy) is 1. The van der Waals surface area contributed by atoms with Gasteiger partial charge in [0.1, 0.15) is 11.6 Å². The first-order chi connectivity index (χ1) is 11.7. The van der Waals surface area contributed by atoms with Gasteiger partial charge in [-0.1, -0.05) is 23.4 Å². The Kier molecular flexibility index (Phi) is 4.56. The molecule has 0 unspecified atom stereocenters. The molecule has 24 heavy (non-hydrogen) atoms. The molecule has 2 heterocycles. The number of carbonyl (C=O) groups excluding carboxylic acids is 1. The molecule has 6 nitrogen and oxygen atoms in total. The number of anilines is 1. The van der Waals surface area contributed by atoms with Gasteiger partial charge in [-0.25, -0.2) is 4.98 Å². The number of amides is 1. The van der Waals surface area contributed by atoms with Crippen molar-refractivity contribution < 1.29 is 14.1 Å². The Hall–Kier alpha value is -3.15. The highest BCUT2D eigenvalue weighted by atomic mass is 16.5. The summed E-state index contributed by atoms with van der Waals surface area (Å²) in [5.74, 6) is 1.68. The summed E-state index contributed by atoms with van der Waals surface area (Å²) >= 11 is 0. The van der Waals surface area contributed by atoms with Gasteiger partial charge in [-0.3, -0.25) is 4.79 Å². The van der Waals surface area contributed by atoms with Crippen LogP contribution < -0.4 is 10.1 Å². The van der Waals surface area contributed by atoms with Crippen LogP contribution in [-0.4, -0.2) is 23.2 Å². The zero-order valence-corrected chi connectivity index (χ0v) is 13.4. The van der Waals surface area contributed by atoms with E-state index < -0.39 is 0 Å². The molecule has 0 spiro atoms. The number of hydrogen-bond acceptors (Lipinski definition) is 5. The summed E-state index contributed by atoms with van der Waals surface area (Å²) in [6.45, 7) is 1.89. The fraction of sp³-hybridized carbons (Fsp3) is 0.167. The first-order valence-electron chi connectivity index (χ1n) is 7.47. The number of hydrogen-bond donors (Lipinski definition) is 1. The van der Waals surface area contributed by atoms with E-state index in [4.69, 9.17) is 9.26 Å². The maximum Gasteiger partial charge on any atom is 0.231 e. The van der Waals surface area contributed by atoms with Crippen LogP contribution in [0.3, 0.4) is 0 Å². The van der Waals surface area contributed by atoms with Crippen LogP contribution in [0.2, 0.25) is 0 Å². The normalized spacial score (nSPS) is 10.4. The van der Waals surface area contributed by atoms with E-state index in [2.05, 4.69) is 15.5 Å². The van der Waals surface area contributed by atoms with Crippen LogP contribution >= 0.6 is 0 Å². The highest BCUT2D eigenvalue weighted by Gasteiger charge is 2.12. The molecule has 1 N–H and O–H groups in total. The quantitative estimate of drug-likeness (QED) is 0.780. The lowest BCUT2D eigenvalue weighted by Crippen LogP contribution is -2.16. The van der Waals surface area contributed by atoms with E-state index in [1.165, 1.54) is 0 Å². The van der Waals surface area contributed by atoms with Gasteiger partial charge < -0.3 is 14.6 Å². The van der Waals surface area contributed by atoms with Gasteiger partial charge in [0.2, 0.25) is 5.91 Å².